The highest BCUT2D eigenvalue weighted by Crippen LogP contribution is 2.38. The molecule has 10 heteroatoms. The molecule has 0 fully saturated rings. The molecule has 0 aliphatic carbocycles. The fourth-order valence-corrected chi connectivity index (χ4v) is 10.5. The van der Waals surface area contributed by atoms with Crippen LogP contribution in [-0.4, -0.2) is 69.4 Å². The number of esters is 1. The number of carbonyl (C=O) groups excluding carboxylic acids is 2. The van der Waals surface area contributed by atoms with Crippen LogP contribution in [0.1, 0.15) is 323 Å². The predicted molar refractivity (Wildman–Crippen MR) is 335 cm³/mol. The Kier molecular flexibility index (Phi) is 56.7. The smallest absolute Gasteiger partial charge is 0.306 e. The van der Waals surface area contributed by atoms with Gasteiger partial charge in [0.2, 0.25) is 5.91 Å². The zero-order chi connectivity index (χ0) is 57.2. The number of unbranched alkanes of at least 4 members (excludes halogenated alkanes) is 39. The van der Waals surface area contributed by atoms with Crippen LogP contribution >= 0.6 is 7.82 Å². The molecule has 0 saturated carbocycles. The van der Waals surface area contributed by atoms with Crippen LogP contribution in [0.5, 0.6) is 0 Å². The van der Waals surface area contributed by atoms with Crippen molar-refractivity contribution in [2.75, 3.05) is 40.9 Å². The summed E-state index contributed by atoms with van der Waals surface area (Å²) in [4.78, 5) is 40.1. The molecule has 1 amide bonds. The topological polar surface area (TPSA) is 114 Å². The van der Waals surface area contributed by atoms with Crippen LogP contribution in [0.3, 0.4) is 0 Å². The molecule has 0 aromatic heterocycles. The summed E-state index contributed by atoms with van der Waals surface area (Å²) < 4.78 is 30.4. The van der Waals surface area contributed by atoms with Gasteiger partial charge in [-0.2, -0.15) is 0 Å². The first kappa shape index (κ1) is 76.0. The molecule has 0 saturated heterocycles. The molecule has 3 atom stereocenters. The number of nitrogens with one attached hydrogen (secondary N) is 1. The van der Waals surface area contributed by atoms with Gasteiger partial charge < -0.3 is 28.5 Å². The van der Waals surface area contributed by atoms with E-state index in [-0.39, 0.29) is 31.5 Å². The molecular formula is C68H129N2O7P. The Balaban J connectivity index is 5.13. The van der Waals surface area contributed by atoms with Gasteiger partial charge in [0.1, 0.15) is 19.3 Å². The number of rotatable bonds is 61. The number of allylic oxidation sites excluding steroid dienone is 7. The molecule has 0 radical (unpaired) electrons. The molecule has 0 rings (SSSR count). The number of nitrogens with zero attached hydrogens (tertiary/aromatic N) is 1. The highest BCUT2D eigenvalue weighted by molar-refractivity contribution is 7.45. The number of phosphoric ester groups is 1. The zero-order valence-electron chi connectivity index (χ0n) is 52.4. The second-order valence-electron chi connectivity index (χ2n) is 24.0. The fourth-order valence-electron chi connectivity index (χ4n) is 9.78. The van der Waals surface area contributed by atoms with E-state index in [1.54, 1.807) is 0 Å². The Hall–Kier alpha value is -2.03. The molecule has 0 aliphatic rings. The number of likely N-dealkylation sites (N-methyl/N-ethyl adjacent to an activating group) is 1. The Bertz CT molecular complexity index is 1470. The summed E-state index contributed by atoms with van der Waals surface area (Å²) in [6.07, 6.45) is 72.2. The Morgan fingerprint density at radius 2 is 0.782 bits per heavy atom. The predicted octanol–water partition coefficient (Wildman–Crippen LogP) is 20.2. The average molecular weight is 1120 g/mol. The number of amides is 1. The van der Waals surface area contributed by atoms with Crippen molar-refractivity contribution in [3.63, 3.8) is 0 Å². The van der Waals surface area contributed by atoms with Gasteiger partial charge in [0.25, 0.3) is 7.82 Å². The van der Waals surface area contributed by atoms with E-state index in [1.807, 2.05) is 33.3 Å². The van der Waals surface area contributed by atoms with E-state index in [0.717, 1.165) is 77.0 Å². The van der Waals surface area contributed by atoms with Gasteiger partial charge in [-0.15, -0.1) is 0 Å². The summed E-state index contributed by atoms with van der Waals surface area (Å²) >= 11 is 0. The van der Waals surface area contributed by atoms with Crippen molar-refractivity contribution in [3.05, 3.63) is 48.6 Å². The van der Waals surface area contributed by atoms with Gasteiger partial charge >= 0.3 is 5.97 Å². The van der Waals surface area contributed by atoms with Crippen LogP contribution in [0.15, 0.2) is 48.6 Å². The van der Waals surface area contributed by atoms with Crippen LogP contribution in [0.4, 0.5) is 0 Å². The lowest BCUT2D eigenvalue weighted by atomic mass is 10.0. The molecule has 1 N–H and O–H groups in total. The van der Waals surface area contributed by atoms with Crippen LogP contribution in [0.2, 0.25) is 0 Å². The molecule has 0 spiro atoms. The summed E-state index contributed by atoms with van der Waals surface area (Å²) in [5.74, 6) is -0.535. The fraction of sp³-hybridized carbons (Fsp3) is 0.853. The lowest BCUT2D eigenvalue weighted by Crippen LogP contribution is -2.47. The van der Waals surface area contributed by atoms with E-state index < -0.39 is 20.0 Å². The SMILES string of the molecule is CCCCC/C=C\C/C=C\CCCCCCCCCCCCCCCC(=O)NC(COP(=O)([O-])OCC[N+](C)(C)C)C(/C=C\CCCCCCCCCCCC)OC(=O)CCCCCCCCC/C=C/CCCCCCCC. The van der Waals surface area contributed by atoms with Gasteiger partial charge in [-0.3, -0.25) is 14.2 Å². The maximum absolute atomic E-state index is 13.6. The highest BCUT2D eigenvalue weighted by atomic mass is 31.2. The minimum atomic E-state index is -4.70. The summed E-state index contributed by atoms with van der Waals surface area (Å²) in [7, 11) is 1.19. The molecule has 0 heterocycles. The number of hydrogen-bond acceptors (Lipinski definition) is 7. The van der Waals surface area contributed by atoms with Crippen molar-refractivity contribution in [2.24, 2.45) is 0 Å². The van der Waals surface area contributed by atoms with E-state index >= 15 is 0 Å². The van der Waals surface area contributed by atoms with E-state index in [9.17, 15) is 19.0 Å². The molecule has 0 aliphatic heterocycles. The molecule has 78 heavy (non-hydrogen) atoms. The quantitative estimate of drug-likeness (QED) is 0.0212. The van der Waals surface area contributed by atoms with Gasteiger partial charge in [-0.05, 0) is 89.5 Å². The van der Waals surface area contributed by atoms with E-state index in [0.29, 0.717) is 17.4 Å². The Morgan fingerprint density at radius 1 is 0.449 bits per heavy atom. The first-order valence-electron chi connectivity index (χ1n) is 33.4. The lowest BCUT2D eigenvalue weighted by molar-refractivity contribution is -0.870. The van der Waals surface area contributed by atoms with Gasteiger partial charge in [-0.1, -0.05) is 269 Å². The van der Waals surface area contributed by atoms with Crippen molar-refractivity contribution in [1.82, 2.24) is 5.32 Å². The van der Waals surface area contributed by atoms with Crippen molar-refractivity contribution in [1.29, 1.82) is 0 Å². The third-order valence-electron chi connectivity index (χ3n) is 15.0. The Labute approximate surface area is 484 Å². The molecule has 458 valence electrons. The lowest BCUT2D eigenvalue weighted by Gasteiger charge is -2.30. The van der Waals surface area contributed by atoms with Crippen molar-refractivity contribution in [3.8, 4) is 0 Å². The molecule has 9 nitrogen and oxygen atoms in total. The minimum Gasteiger partial charge on any atom is -0.756 e. The summed E-state index contributed by atoms with van der Waals surface area (Å²) in [6, 6.07) is -0.889. The summed E-state index contributed by atoms with van der Waals surface area (Å²) in [5, 5.41) is 3.04. The molecule has 0 bridgehead atoms. The van der Waals surface area contributed by atoms with Crippen molar-refractivity contribution in [2.45, 2.75) is 335 Å². The van der Waals surface area contributed by atoms with Gasteiger partial charge in [0.15, 0.2) is 0 Å². The Morgan fingerprint density at radius 3 is 1.19 bits per heavy atom. The second kappa shape index (κ2) is 58.2. The number of carbonyl (C=O) groups is 2. The van der Waals surface area contributed by atoms with Crippen molar-refractivity contribution >= 4 is 19.7 Å². The van der Waals surface area contributed by atoms with Crippen LogP contribution in [0.25, 0.3) is 0 Å². The van der Waals surface area contributed by atoms with Gasteiger partial charge in [-0.25, -0.2) is 0 Å². The first-order valence-corrected chi connectivity index (χ1v) is 34.9. The van der Waals surface area contributed by atoms with E-state index in [1.165, 1.54) is 212 Å². The summed E-state index contributed by atoms with van der Waals surface area (Å²) in [6.45, 7) is 6.85. The minimum absolute atomic E-state index is 0.0221. The average Bonchev–Trinajstić information content (AvgIpc) is 3.40. The monoisotopic (exact) mass is 1120 g/mol. The normalized spacial score (nSPS) is 13.9. The number of ether oxygens (including phenoxy) is 1. The largest absolute Gasteiger partial charge is 0.756 e. The van der Waals surface area contributed by atoms with Crippen molar-refractivity contribution < 1.29 is 37.3 Å². The first-order chi connectivity index (χ1) is 37.9. The number of quaternary nitrogens is 1. The molecule has 0 aromatic carbocycles. The third kappa shape index (κ3) is 58.6. The number of phosphoric acid groups is 1. The van der Waals surface area contributed by atoms with Gasteiger partial charge in [0, 0.05) is 12.8 Å². The van der Waals surface area contributed by atoms with Crippen LogP contribution in [0, 0.1) is 0 Å². The standard InChI is InChI=1S/C68H129N2O7P/c1-7-10-13-16-19-22-25-28-30-32-33-34-35-36-37-39-40-42-45-48-51-54-57-60-67(71)69-65(64-76-78(73,74)75-63-62-70(4,5)6)66(59-56-53-50-47-44-27-24-21-18-15-12-9-3)77-68(72)61-58-55-52-49-46-43-41-38-31-29-26-23-20-17-14-11-8-2/h19,22,28-31,56,59,65-66H,7-18,20-21,23-27,32-55,57-58,60-64H2,1-6H3,(H-,69,71,73,74)/b22-19-,30-28-,31-29+,59-56-. The number of hydrogen-bond donors (Lipinski definition) is 1. The molecule has 3 unspecified atom stereocenters. The van der Waals surface area contributed by atoms with E-state index in [4.69, 9.17) is 13.8 Å². The van der Waals surface area contributed by atoms with Crippen LogP contribution in [-0.2, 0) is 27.9 Å². The van der Waals surface area contributed by atoms with Crippen LogP contribution < -0.4 is 10.2 Å². The zero-order valence-corrected chi connectivity index (χ0v) is 53.3. The highest BCUT2D eigenvalue weighted by Gasteiger charge is 2.27. The maximum Gasteiger partial charge on any atom is 0.306 e. The molecule has 0 aromatic rings. The summed E-state index contributed by atoms with van der Waals surface area (Å²) in [5.41, 5.74) is 0. The van der Waals surface area contributed by atoms with E-state index in [2.05, 4.69) is 62.5 Å². The second-order valence-corrected chi connectivity index (χ2v) is 25.4. The molecular weight excluding hydrogens is 988 g/mol. The third-order valence-corrected chi connectivity index (χ3v) is 15.9. The maximum atomic E-state index is 13.6. The van der Waals surface area contributed by atoms with Gasteiger partial charge in [0.05, 0.1) is 33.8 Å².